The van der Waals surface area contributed by atoms with Gasteiger partial charge in [-0.2, -0.15) is 0 Å². The third-order valence-electron chi connectivity index (χ3n) is 3.91. The fourth-order valence-electron chi connectivity index (χ4n) is 2.58. The summed E-state index contributed by atoms with van der Waals surface area (Å²) in [5.41, 5.74) is 1.57. The van der Waals surface area contributed by atoms with Crippen LogP contribution in [-0.4, -0.2) is 31.7 Å². The Labute approximate surface area is 167 Å². The van der Waals surface area contributed by atoms with E-state index >= 15 is 0 Å². The molecule has 146 valence electrons. The second-order valence-corrected chi connectivity index (χ2v) is 6.94. The molecule has 0 spiro atoms. The van der Waals surface area contributed by atoms with Gasteiger partial charge in [0, 0.05) is 6.08 Å². The lowest BCUT2D eigenvalue weighted by atomic mass is 10.2. The van der Waals surface area contributed by atoms with Crippen LogP contribution in [0.25, 0.3) is 16.3 Å². The zero-order chi connectivity index (χ0) is 19.9. The molecule has 1 N–H and O–H groups in total. The van der Waals surface area contributed by atoms with E-state index in [1.165, 1.54) is 17.4 Å². The third-order valence-corrected chi connectivity index (χ3v) is 4.84. The van der Waals surface area contributed by atoms with Crippen molar-refractivity contribution in [3.8, 4) is 17.2 Å². The Morgan fingerprint density at radius 2 is 1.96 bits per heavy atom. The van der Waals surface area contributed by atoms with E-state index in [0.29, 0.717) is 29.0 Å². The molecule has 0 unspecified atom stereocenters. The number of ether oxygens (including phenoxy) is 3. The number of rotatable bonds is 8. The molecule has 1 aromatic heterocycles. The van der Waals surface area contributed by atoms with Crippen molar-refractivity contribution < 1.29 is 19.0 Å². The van der Waals surface area contributed by atoms with Gasteiger partial charge in [-0.05, 0) is 42.3 Å². The van der Waals surface area contributed by atoms with Gasteiger partial charge in [0.1, 0.15) is 11.3 Å². The van der Waals surface area contributed by atoms with Crippen LogP contribution in [0.5, 0.6) is 17.2 Å². The highest BCUT2D eigenvalue weighted by atomic mass is 32.1. The van der Waals surface area contributed by atoms with E-state index in [0.717, 1.165) is 22.2 Å². The minimum Gasteiger partial charge on any atom is -0.494 e. The Hall–Kier alpha value is -3.06. The maximum absolute atomic E-state index is 12.3. The van der Waals surface area contributed by atoms with Crippen LogP contribution in [0, 0.1) is 0 Å². The highest BCUT2D eigenvalue weighted by Gasteiger charge is 2.10. The fourth-order valence-corrected chi connectivity index (χ4v) is 3.47. The molecule has 0 aliphatic heterocycles. The summed E-state index contributed by atoms with van der Waals surface area (Å²) in [7, 11) is 3.19. The summed E-state index contributed by atoms with van der Waals surface area (Å²) in [6, 6.07) is 11.2. The highest BCUT2D eigenvalue weighted by Crippen LogP contribution is 2.32. The Kier molecular flexibility index (Phi) is 6.49. The topological polar surface area (TPSA) is 69.7 Å². The summed E-state index contributed by atoms with van der Waals surface area (Å²) in [5.74, 6) is 1.74. The molecule has 0 radical (unpaired) electrons. The number of nitrogens with one attached hydrogen (secondary N) is 1. The van der Waals surface area contributed by atoms with E-state index in [2.05, 4.69) is 10.3 Å². The number of methoxy groups -OCH3 is 2. The molecule has 0 aliphatic carbocycles. The molecule has 1 amide bonds. The average molecular weight is 398 g/mol. The van der Waals surface area contributed by atoms with Gasteiger partial charge in [0.15, 0.2) is 16.6 Å². The quantitative estimate of drug-likeness (QED) is 0.554. The van der Waals surface area contributed by atoms with Crippen LogP contribution in [0.15, 0.2) is 42.5 Å². The monoisotopic (exact) mass is 398 g/mol. The Morgan fingerprint density at radius 3 is 2.71 bits per heavy atom. The van der Waals surface area contributed by atoms with Crippen LogP contribution >= 0.6 is 11.3 Å². The van der Waals surface area contributed by atoms with Crippen molar-refractivity contribution in [3.63, 3.8) is 0 Å². The van der Waals surface area contributed by atoms with E-state index < -0.39 is 0 Å². The van der Waals surface area contributed by atoms with Crippen LogP contribution in [0.4, 0.5) is 5.13 Å². The van der Waals surface area contributed by atoms with Gasteiger partial charge in [0.2, 0.25) is 5.91 Å². The predicted octanol–water partition coefficient (Wildman–Crippen LogP) is 4.75. The van der Waals surface area contributed by atoms with Crippen LogP contribution < -0.4 is 19.5 Å². The number of fused-ring (bicyclic) bond motifs is 1. The Bertz CT molecular complexity index is 997. The lowest BCUT2D eigenvalue weighted by molar-refractivity contribution is -0.111. The second kappa shape index (κ2) is 9.23. The minimum absolute atomic E-state index is 0.261. The van der Waals surface area contributed by atoms with Crippen LogP contribution in [0.2, 0.25) is 0 Å². The summed E-state index contributed by atoms with van der Waals surface area (Å²) < 4.78 is 17.3. The molecule has 2 aromatic carbocycles. The standard InChI is InChI=1S/C21H22N2O4S/c1-4-12-27-15-10-8-14(13-17(15)26-3)9-11-19(24)22-21-23-20-16(25-2)6-5-7-18(20)28-21/h5-11,13H,4,12H2,1-3H3,(H,22,23,24)/b11-9+. The van der Waals surface area contributed by atoms with E-state index in [-0.39, 0.29) is 5.91 Å². The number of nitrogens with zero attached hydrogens (tertiary/aromatic N) is 1. The number of benzene rings is 2. The summed E-state index contributed by atoms with van der Waals surface area (Å²) in [6.07, 6.45) is 4.10. The maximum Gasteiger partial charge on any atom is 0.250 e. The number of hydrogen-bond acceptors (Lipinski definition) is 6. The molecular weight excluding hydrogens is 376 g/mol. The molecule has 0 aliphatic rings. The van der Waals surface area contributed by atoms with Gasteiger partial charge >= 0.3 is 0 Å². The lowest BCUT2D eigenvalue weighted by Gasteiger charge is -2.10. The van der Waals surface area contributed by atoms with E-state index in [1.54, 1.807) is 20.3 Å². The van der Waals surface area contributed by atoms with Crippen LogP contribution in [0.3, 0.4) is 0 Å². The summed E-state index contributed by atoms with van der Waals surface area (Å²) in [5, 5.41) is 3.31. The molecular formula is C21H22N2O4S. The zero-order valence-electron chi connectivity index (χ0n) is 16.0. The molecule has 0 saturated heterocycles. The van der Waals surface area contributed by atoms with Crippen molar-refractivity contribution in [1.82, 2.24) is 4.98 Å². The van der Waals surface area contributed by atoms with Crippen molar-refractivity contribution in [2.24, 2.45) is 0 Å². The highest BCUT2D eigenvalue weighted by molar-refractivity contribution is 7.22. The van der Waals surface area contributed by atoms with E-state index in [9.17, 15) is 4.79 Å². The molecule has 3 rings (SSSR count). The lowest BCUT2D eigenvalue weighted by Crippen LogP contribution is -2.07. The number of amides is 1. The average Bonchev–Trinajstić information content (AvgIpc) is 3.13. The number of carbonyl (C=O) groups is 1. The molecule has 6 nitrogen and oxygen atoms in total. The predicted molar refractivity (Wildman–Crippen MR) is 113 cm³/mol. The van der Waals surface area contributed by atoms with Gasteiger partial charge in [-0.1, -0.05) is 30.4 Å². The summed E-state index contributed by atoms with van der Waals surface area (Å²) in [6.45, 7) is 2.67. The fraction of sp³-hybridized carbons (Fsp3) is 0.238. The second-order valence-electron chi connectivity index (χ2n) is 5.91. The Balaban J connectivity index is 1.70. The minimum atomic E-state index is -0.261. The van der Waals surface area contributed by atoms with Gasteiger partial charge < -0.3 is 14.2 Å². The molecule has 7 heteroatoms. The molecule has 28 heavy (non-hydrogen) atoms. The van der Waals surface area contributed by atoms with Gasteiger partial charge in [-0.3, -0.25) is 10.1 Å². The van der Waals surface area contributed by atoms with Gasteiger partial charge in [0.25, 0.3) is 0 Å². The molecule has 0 atom stereocenters. The normalized spacial score (nSPS) is 11.0. The number of hydrogen-bond donors (Lipinski definition) is 1. The first-order valence-electron chi connectivity index (χ1n) is 8.88. The van der Waals surface area contributed by atoms with Crippen molar-refractivity contribution in [2.45, 2.75) is 13.3 Å². The molecule has 0 saturated carbocycles. The SMILES string of the molecule is CCCOc1ccc(/C=C/C(=O)Nc2nc3c(OC)cccc3s2)cc1OC. The summed E-state index contributed by atoms with van der Waals surface area (Å²) in [4.78, 5) is 16.7. The first-order valence-corrected chi connectivity index (χ1v) is 9.69. The molecule has 3 aromatic rings. The zero-order valence-corrected chi connectivity index (χ0v) is 16.8. The maximum atomic E-state index is 12.3. The molecule has 1 heterocycles. The number of para-hydroxylation sites is 1. The smallest absolute Gasteiger partial charge is 0.250 e. The third kappa shape index (κ3) is 4.61. The Morgan fingerprint density at radius 1 is 1.14 bits per heavy atom. The van der Waals surface area contributed by atoms with Gasteiger partial charge in [0.05, 0.1) is 25.5 Å². The summed E-state index contributed by atoms with van der Waals surface area (Å²) >= 11 is 1.40. The van der Waals surface area contributed by atoms with Gasteiger partial charge in [-0.15, -0.1) is 0 Å². The van der Waals surface area contributed by atoms with Gasteiger partial charge in [-0.25, -0.2) is 4.98 Å². The first kappa shape index (κ1) is 19.7. The largest absolute Gasteiger partial charge is 0.494 e. The number of thiazole rings is 1. The molecule has 0 fully saturated rings. The van der Waals surface area contributed by atoms with Crippen molar-refractivity contribution >= 4 is 38.7 Å². The van der Waals surface area contributed by atoms with Crippen molar-refractivity contribution in [2.75, 3.05) is 26.1 Å². The van der Waals surface area contributed by atoms with Crippen molar-refractivity contribution in [3.05, 3.63) is 48.0 Å². The number of aromatic nitrogens is 1. The van der Waals surface area contributed by atoms with E-state index in [4.69, 9.17) is 14.2 Å². The first-order chi connectivity index (χ1) is 13.6. The van der Waals surface area contributed by atoms with E-state index in [1.807, 2.05) is 43.3 Å². The molecule has 0 bridgehead atoms. The number of anilines is 1. The van der Waals surface area contributed by atoms with Crippen LogP contribution in [0.1, 0.15) is 18.9 Å². The van der Waals surface area contributed by atoms with Crippen molar-refractivity contribution in [1.29, 1.82) is 0 Å². The van der Waals surface area contributed by atoms with Crippen LogP contribution in [-0.2, 0) is 4.79 Å². The number of carbonyl (C=O) groups excluding carboxylic acids is 1.